The van der Waals surface area contributed by atoms with Gasteiger partial charge in [-0.1, -0.05) is 13.3 Å². The molecule has 6 nitrogen and oxygen atoms in total. The minimum atomic E-state index is -4.54. The number of H-pyrrole nitrogens is 1. The van der Waals surface area contributed by atoms with Crippen molar-refractivity contribution < 1.29 is 20.3 Å². The van der Waals surface area contributed by atoms with Crippen LogP contribution >= 0.6 is 0 Å². The summed E-state index contributed by atoms with van der Waals surface area (Å²) in [7, 11) is 0. The molecule has 158 valence electrons. The van der Waals surface area contributed by atoms with Crippen LogP contribution in [0.5, 0.6) is 0 Å². The zero-order chi connectivity index (χ0) is 19.9. The number of hydrogen-bond acceptors (Lipinski definition) is 5. The highest BCUT2D eigenvalue weighted by molar-refractivity contribution is 5.90. The zero-order valence-electron chi connectivity index (χ0n) is 15.4. The summed E-state index contributed by atoms with van der Waals surface area (Å²) < 4.78 is 41.0. The van der Waals surface area contributed by atoms with Crippen LogP contribution < -0.4 is 10.6 Å². The molecule has 0 amide bonds. The number of aromatic nitrogens is 4. The number of hydrogen-bond donors (Lipinski definition) is 2. The molecule has 1 aliphatic rings. The van der Waals surface area contributed by atoms with Crippen LogP contribution in [0.2, 0.25) is 0 Å². The first kappa shape index (κ1) is 18.7. The van der Waals surface area contributed by atoms with Crippen molar-refractivity contribution in [3.05, 3.63) is 36.0 Å². The van der Waals surface area contributed by atoms with Crippen molar-refractivity contribution >= 4 is 16.9 Å². The van der Waals surface area contributed by atoms with Crippen molar-refractivity contribution in [3.8, 4) is 11.4 Å². The molecule has 2 atom stereocenters. The quantitative estimate of drug-likeness (QED) is 0.655. The first-order chi connectivity index (χ1) is 13.4. The molecule has 0 saturated carbocycles. The average Bonchev–Trinajstić information content (AvgIpc) is 3.25. The lowest BCUT2D eigenvalue weighted by Gasteiger charge is -2.20. The molecule has 3 aromatic heterocycles. The van der Waals surface area contributed by atoms with Crippen molar-refractivity contribution in [3.63, 3.8) is 0 Å². The van der Waals surface area contributed by atoms with E-state index in [1.54, 1.807) is 18.3 Å². The third kappa shape index (κ3) is 3.30. The fraction of sp³-hybridized carbons (Fsp3) is 0.421. The fourth-order valence-electron chi connectivity index (χ4n) is 3.83. The lowest BCUT2D eigenvalue weighted by Crippen LogP contribution is -2.29. The highest BCUT2D eigenvalue weighted by Gasteiger charge is 2.37. The van der Waals surface area contributed by atoms with Gasteiger partial charge in [0.2, 0.25) is 0 Å². The Morgan fingerprint density at radius 2 is 2.11 bits per heavy atom. The molecule has 0 unspecified atom stereocenters. The van der Waals surface area contributed by atoms with E-state index in [1.807, 2.05) is 4.90 Å². The van der Waals surface area contributed by atoms with E-state index in [1.165, 1.54) is 6.07 Å². The number of pyridine rings is 2. The first-order valence-electron chi connectivity index (χ1n) is 9.26. The van der Waals surface area contributed by atoms with Crippen molar-refractivity contribution in [2.24, 2.45) is 11.7 Å². The second-order valence-electron chi connectivity index (χ2n) is 7.15. The van der Waals surface area contributed by atoms with E-state index in [9.17, 15) is 13.2 Å². The van der Waals surface area contributed by atoms with Crippen LogP contribution in [0.15, 0.2) is 30.5 Å². The van der Waals surface area contributed by atoms with Crippen LogP contribution in [0, 0.1) is 5.92 Å². The van der Waals surface area contributed by atoms with Gasteiger partial charge in [-0.05, 0) is 36.6 Å². The molecular formula is C19H31F3N6. The largest absolute Gasteiger partial charge is 0.418 e. The molecule has 0 bridgehead atoms. The van der Waals surface area contributed by atoms with Crippen LogP contribution in [-0.2, 0) is 6.18 Å². The number of nitrogens with zero attached hydrogens (tertiary/aromatic N) is 4. The van der Waals surface area contributed by atoms with Crippen molar-refractivity contribution in [2.45, 2.75) is 32.0 Å². The highest BCUT2D eigenvalue weighted by atomic mass is 19.4. The Hall–Kier alpha value is -2.68. The van der Waals surface area contributed by atoms with Crippen LogP contribution in [0.4, 0.5) is 19.0 Å². The standard InChI is InChI=1S/C19H21F3N6.5H2/c1-2-4-11-9-28(10-14(11)23)15-7-6-13(19(20,21)22)17(25-15)16-12-5-3-8-24-18(12)27-26-16;;;;;/h3,5-8,11,14H,2,4,9-10,23H2,1H3,(H,24,26,27);5*1H/t11-,14+;;;;;/m1...../s1. The minimum absolute atomic E-state index is 0. The van der Waals surface area contributed by atoms with Crippen LogP contribution in [0.3, 0.4) is 0 Å². The maximum absolute atomic E-state index is 13.7. The summed E-state index contributed by atoms with van der Waals surface area (Å²) in [6, 6.07) is 5.83. The molecule has 0 aromatic carbocycles. The molecular weight excluding hydrogens is 369 g/mol. The smallest absolute Gasteiger partial charge is 0.355 e. The Labute approximate surface area is 167 Å². The second kappa shape index (κ2) is 7.05. The van der Waals surface area contributed by atoms with Crippen LogP contribution in [0.1, 0.15) is 32.5 Å². The SMILES string of the molecule is CCC[C@@H]1CN(c2ccc(C(F)(F)F)c(-c3[nH]nc4ncccc34)n2)C[C@@H]1N.[HH].[HH].[HH].[HH].[HH]. The van der Waals surface area contributed by atoms with Crippen molar-refractivity contribution in [1.82, 2.24) is 20.2 Å². The molecule has 4 rings (SSSR count). The molecule has 3 N–H and O–H groups in total. The molecule has 0 spiro atoms. The summed E-state index contributed by atoms with van der Waals surface area (Å²) >= 11 is 0. The summed E-state index contributed by atoms with van der Waals surface area (Å²) in [5.41, 5.74) is 5.81. The van der Waals surface area contributed by atoms with Gasteiger partial charge in [0.25, 0.3) is 0 Å². The number of nitrogens with two attached hydrogens (primary N) is 1. The molecule has 9 heteroatoms. The Morgan fingerprint density at radius 3 is 2.86 bits per heavy atom. The summed E-state index contributed by atoms with van der Waals surface area (Å²) in [6.45, 7) is 3.37. The molecule has 3 aromatic rings. The van der Waals surface area contributed by atoms with E-state index in [2.05, 4.69) is 27.1 Å². The lowest BCUT2D eigenvalue weighted by molar-refractivity contribution is -0.137. The Morgan fingerprint density at radius 1 is 1.29 bits per heavy atom. The fourth-order valence-corrected chi connectivity index (χ4v) is 3.83. The Bertz CT molecular complexity index is 1000. The zero-order valence-corrected chi connectivity index (χ0v) is 15.4. The number of nitrogens with one attached hydrogen (secondary N) is 1. The number of rotatable bonds is 4. The van der Waals surface area contributed by atoms with E-state index in [0.29, 0.717) is 35.9 Å². The molecule has 0 radical (unpaired) electrons. The van der Waals surface area contributed by atoms with Crippen molar-refractivity contribution in [2.75, 3.05) is 18.0 Å². The van der Waals surface area contributed by atoms with Gasteiger partial charge in [-0.2, -0.15) is 18.3 Å². The summed E-state index contributed by atoms with van der Waals surface area (Å²) in [4.78, 5) is 10.4. The predicted octanol–water partition coefficient (Wildman–Crippen LogP) is 4.83. The molecule has 4 heterocycles. The number of fused-ring (bicyclic) bond motifs is 1. The van der Waals surface area contributed by atoms with E-state index >= 15 is 0 Å². The van der Waals surface area contributed by atoms with E-state index in [-0.39, 0.29) is 24.6 Å². The summed E-state index contributed by atoms with van der Waals surface area (Å²) in [5.74, 6) is 0.804. The van der Waals surface area contributed by atoms with E-state index < -0.39 is 11.7 Å². The van der Waals surface area contributed by atoms with Gasteiger partial charge < -0.3 is 10.6 Å². The third-order valence-electron chi connectivity index (χ3n) is 5.23. The van der Waals surface area contributed by atoms with Crippen LogP contribution in [0.25, 0.3) is 22.4 Å². The van der Waals surface area contributed by atoms with Crippen molar-refractivity contribution in [1.29, 1.82) is 0 Å². The van der Waals surface area contributed by atoms with Crippen LogP contribution in [-0.4, -0.2) is 39.3 Å². The van der Waals surface area contributed by atoms with Gasteiger partial charge in [0.15, 0.2) is 5.65 Å². The summed E-state index contributed by atoms with van der Waals surface area (Å²) in [6.07, 6.45) is -0.985. The van der Waals surface area contributed by atoms with Gasteiger partial charge in [0.05, 0.1) is 11.3 Å². The normalized spacial score (nSPS) is 20.2. The number of alkyl halides is 3. The minimum Gasteiger partial charge on any atom is -0.355 e. The lowest BCUT2D eigenvalue weighted by atomic mass is 9.99. The Balaban J connectivity index is 0. The molecule has 0 aliphatic carbocycles. The van der Waals surface area contributed by atoms with Gasteiger partial charge in [-0.25, -0.2) is 9.97 Å². The predicted molar refractivity (Wildman–Crippen MR) is 111 cm³/mol. The molecule has 1 fully saturated rings. The van der Waals surface area contributed by atoms with Gasteiger partial charge in [0, 0.05) is 37.8 Å². The van der Waals surface area contributed by atoms with Gasteiger partial charge in [-0.3, -0.25) is 5.10 Å². The van der Waals surface area contributed by atoms with Gasteiger partial charge in [-0.15, -0.1) is 0 Å². The van der Waals surface area contributed by atoms with E-state index in [4.69, 9.17) is 5.73 Å². The Kier molecular flexibility index (Phi) is 4.70. The molecule has 1 aliphatic heterocycles. The molecule has 1 saturated heterocycles. The highest BCUT2D eigenvalue weighted by Crippen LogP contribution is 2.39. The number of aromatic amines is 1. The molecule has 28 heavy (non-hydrogen) atoms. The maximum atomic E-state index is 13.7. The van der Waals surface area contributed by atoms with E-state index in [0.717, 1.165) is 18.9 Å². The maximum Gasteiger partial charge on any atom is 0.418 e. The van der Waals surface area contributed by atoms with Gasteiger partial charge >= 0.3 is 6.18 Å². The number of halogens is 3. The summed E-state index contributed by atoms with van der Waals surface area (Å²) in [5, 5.41) is 7.20. The average molecular weight is 400 g/mol. The third-order valence-corrected chi connectivity index (χ3v) is 5.23. The number of anilines is 1. The second-order valence-corrected chi connectivity index (χ2v) is 7.15. The monoisotopic (exact) mass is 400 g/mol. The first-order valence-corrected chi connectivity index (χ1v) is 9.26. The topological polar surface area (TPSA) is 83.7 Å². The van der Waals surface area contributed by atoms with Gasteiger partial charge in [0.1, 0.15) is 11.5 Å².